The second kappa shape index (κ2) is 11.1. The van der Waals surface area contributed by atoms with Crippen molar-refractivity contribution in [2.45, 2.75) is 20.0 Å². The summed E-state index contributed by atoms with van der Waals surface area (Å²) >= 11 is 0. The molecule has 0 spiro atoms. The van der Waals surface area contributed by atoms with E-state index >= 15 is 0 Å². The summed E-state index contributed by atoms with van der Waals surface area (Å²) in [7, 11) is 3.23. The second-order valence-corrected chi connectivity index (χ2v) is 6.76. The van der Waals surface area contributed by atoms with E-state index < -0.39 is 18.3 Å². The third-order valence-corrected chi connectivity index (χ3v) is 4.54. The van der Waals surface area contributed by atoms with E-state index in [2.05, 4.69) is 5.32 Å². The first-order chi connectivity index (χ1) is 14.3. The maximum absolute atomic E-state index is 12.1. The van der Waals surface area contributed by atoms with Gasteiger partial charge in [-0.25, -0.2) is 9.59 Å². The third kappa shape index (κ3) is 6.66. The van der Waals surface area contributed by atoms with Gasteiger partial charge in [-0.1, -0.05) is 18.2 Å². The van der Waals surface area contributed by atoms with E-state index in [-0.39, 0.29) is 18.0 Å². The molecule has 2 aromatic rings. The van der Waals surface area contributed by atoms with Gasteiger partial charge in [0.1, 0.15) is 11.5 Å². The molecule has 0 aromatic heterocycles. The highest BCUT2D eigenvalue weighted by atomic mass is 16.6. The Labute approximate surface area is 177 Å². The van der Waals surface area contributed by atoms with Gasteiger partial charge in [0, 0.05) is 45.5 Å². The summed E-state index contributed by atoms with van der Waals surface area (Å²) in [6.45, 7) is 4.82. The van der Waals surface area contributed by atoms with Crippen molar-refractivity contribution >= 4 is 17.9 Å². The molecule has 8 nitrogen and oxygen atoms in total. The minimum atomic E-state index is -0.922. The molecule has 0 aliphatic carbocycles. The molecule has 0 saturated heterocycles. The van der Waals surface area contributed by atoms with Crippen molar-refractivity contribution in [3.63, 3.8) is 0 Å². The van der Waals surface area contributed by atoms with Crippen LogP contribution in [0.15, 0.2) is 48.5 Å². The van der Waals surface area contributed by atoms with Crippen LogP contribution in [-0.4, -0.2) is 60.8 Å². The average molecular weight is 415 g/mol. The number of para-hydroxylation sites is 1. The third-order valence-electron chi connectivity index (χ3n) is 4.54. The van der Waals surface area contributed by atoms with Gasteiger partial charge < -0.3 is 29.7 Å². The maximum atomic E-state index is 12.1. The number of amides is 2. The number of nitrogens with one attached hydrogen (secondary N) is 1. The van der Waals surface area contributed by atoms with Gasteiger partial charge in [-0.3, -0.25) is 0 Å². The molecule has 0 heterocycles. The number of hydrogen-bond acceptors (Lipinski definition) is 6. The Balaban J connectivity index is 2.22. The lowest BCUT2D eigenvalue weighted by atomic mass is 10.1. The molecule has 2 amide bonds. The van der Waals surface area contributed by atoms with Crippen molar-refractivity contribution in [1.29, 1.82) is 0 Å². The van der Waals surface area contributed by atoms with Crippen LogP contribution in [-0.2, 0) is 0 Å². The van der Waals surface area contributed by atoms with Crippen LogP contribution < -0.4 is 14.8 Å². The Bertz CT molecular complexity index is 802. The van der Waals surface area contributed by atoms with Gasteiger partial charge in [0.2, 0.25) is 0 Å². The van der Waals surface area contributed by atoms with Gasteiger partial charge in [-0.05, 0) is 43.7 Å². The minimum absolute atomic E-state index is 0.179. The first-order valence-electron chi connectivity index (χ1n) is 9.81. The second-order valence-electron chi connectivity index (χ2n) is 6.76. The number of ether oxygens (including phenoxy) is 2. The normalized spacial score (nSPS) is 11.4. The molecule has 2 rings (SSSR count). The van der Waals surface area contributed by atoms with Crippen LogP contribution >= 0.6 is 0 Å². The molecule has 8 heteroatoms. The predicted molar refractivity (Wildman–Crippen MR) is 115 cm³/mol. The summed E-state index contributed by atoms with van der Waals surface area (Å²) in [5.74, 6) is 0.358. The van der Waals surface area contributed by atoms with Crippen molar-refractivity contribution < 1.29 is 24.2 Å². The van der Waals surface area contributed by atoms with Crippen LogP contribution in [0, 0.1) is 0 Å². The Morgan fingerprint density at radius 2 is 1.43 bits per heavy atom. The van der Waals surface area contributed by atoms with E-state index in [1.165, 1.54) is 15.9 Å². The highest BCUT2D eigenvalue weighted by Crippen LogP contribution is 2.28. The van der Waals surface area contributed by atoms with Gasteiger partial charge >= 0.3 is 12.2 Å². The Kier molecular flexibility index (Phi) is 8.49. The van der Waals surface area contributed by atoms with E-state index in [0.29, 0.717) is 18.7 Å². The van der Waals surface area contributed by atoms with Crippen molar-refractivity contribution in [1.82, 2.24) is 9.80 Å². The standard InChI is InChI=1S/C22H29N3O5/c1-5-24(3)21(27)29-18-12-16(13-19(14-18)30-22(28)25(4)6-2)20(26)15-23-17-10-8-7-9-11-17/h7-14,20,23,26H,5-6,15H2,1-4H3. The van der Waals surface area contributed by atoms with Crippen LogP contribution in [0.25, 0.3) is 0 Å². The molecule has 162 valence electrons. The first kappa shape index (κ1) is 23.0. The van der Waals surface area contributed by atoms with Crippen molar-refractivity contribution in [2.75, 3.05) is 39.0 Å². The molecule has 2 aromatic carbocycles. The van der Waals surface area contributed by atoms with Gasteiger partial charge in [-0.2, -0.15) is 0 Å². The number of hydrogen-bond donors (Lipinski definition) is 2. The van der Waals surface area contributed by atoms with E-state index in [0.717, 1.165) is 5.69 Å². The smallest absolute Gasteiger partial charge is 0.410 e. The molecule has 0 saturated carbocycles. The summed E-state index contributed by atoms with van der Waals surface area (Å²) in [5.41, 5.74) is 1.31. The highest BCUT2D eigenvalue weighted by Gasteiger charge is 2.17. The monoisotopic (exact) mass is 415 g/mol. The quantitative estimate of drug-likeness (QED) is 0.683. The number of nitrogens with zero attached hydrogens (tertiary/aromatic N) is 2. The zero-order valence-electron chi connectivity index (χ0n) is 17.8. The van der Waals surface area contributed by atoms with Crippen LogP contribution in [0.3, 0.4) is 0 Å². The highest BCUT2D eigenvalue weighted by molar-refractivity contribution is 5.72. The van der Waals surface area contributed by atoms with Crippen LogP contribution in [0.5, 0.6) is 11.5 Å². The zero-order chi connectivity index (χ0) is 22.1. The SMILES string of the molecule is CCN(C)C(=O)Oc1cc(OC(=O)N(C)CC)cc(C(O)CNc2ccccc2)c1. The number of aliphatic hydroxyl groups excluding tert-OH is 1. The number of anilines is 1. The van der Waals surface area contributed by atoms with Gasteiger partial charge in [0.15, 0.2) is 0 Å². The fourth-order valence-corrected chi connectivity index (χ4v) is 2.41. The summed E-state index contributed by atoms with van der Waals surface area (Å²) in [4.78, 5) is 27.1. The number of carbonyl (C=O) groups excluding carboxylic acids is 2. The Hall–Kier alpha value is -3.26. The van der Waals surface area contributed by atoms with Crippen LogP contribution in [0.4, 0.5) is 15.3 Å². The number of benzene rings is 2. The first-order valence-corrected chi connectivity index (χ1v) is 9.81. The molecule has 0 fully saturated rings. The fourth-order valence-electron chi connectivity index (χ4n) is 2.41. The number of carbonyl (C=O) groups is 2. The molecule has 30 heavy (non-hydrogen) atoms. The lowest BCUT2D eigenvalue weighted by molar-refractivity contribution is 0.161. The minimum Gasteiger partial charge on any atom is -0.410 e. The average Bonchev–Trinajstić information content (AvgIpc) is 2.76. The maximum Gasteiger partial charge on any atom is 0.414 e. The topological polar surface area (TPSA) is 91.3 Å². The van der Waals surface area contributed by atoms with Gasteiger partial charge in [-0.15, -0.1) is 0 Å². The van der Waals surface area contributed by atoms with E-state index in [1.807, 2.05) is 44.2 Å². The van der Waals surface area contributed by atoms with E-state index in [1.54, 1.807) is 26.2 Å². The molecule has 0 bridgehead atoms. The lowest BCUT2D eigenvalue weighted by Gasteiger charge is -2.19. The molecule has 2 N–H and O–H groups in total. The van der Waals surface area contributed by atoms with Crippen LogP contribution in [0.2, 0.25) is 0 Å². The largest absolute Gasteiger partial charge is 0.414 e. The predicted octanol–water partition coefficient (Wildman–Crippen LogP) is 3.73. The molecule has 1 unspecified atom stereocenters. The van der Waals surface area contributed by atoms with E-state index in [9.17, 15) is 14.7 Å². The number of rotatable bonds is 8. The summed E-state index contributed by atoms with van der Waals surface area (Å²) < 4.78 is 10.8. The molecule has 0 radical (unpaired) electrons. The van der Waals surface area contributed by atoms with Gasteiger partial charge in [0.05, 0.1) is 6.10 Å². The van der Waals surface area contributed by atoms with E-state index in [4.69, 9.17) is 9.47 Å². The van der Waals surface area contributed by atoms with Crippen LogP contribution in [0.1, 0.15) is 25.5 Å². The molecular formula is C22H29N3O5. The summed E-state index contributed by atoms with van der Waals surface area (Å²) in [5, 5.41) is 13.8. The molecule has 0 aliphatic heterocycles. The number of aliphatic hydroxyl groups is 1. The zero-order valence-corrected chi connectivity index (χ0v) is 17.8. The lowest BCUT2D eigenvalue weighted by Crippen LogP contribution is -2.30. The Morgan fingerprint density at radius 3 is 1.90 bits per heavy atom. The molecule has 1 atom stereocenters. The van der Waals surface area contributed by atoms with Crippen molar-refractivity contribution in [3.8, 4) is 11.5 Å². The van der Waals surface area contributed by atoms with Gasteiger partial charge in [0.25, 0.3) is 0 Å². The summed E-state index contributed by atoms with van der Waals surface area (Å²) in [6, 6.07) is 14.0. The fraction of sp³-hybridized carbons (Fsp3) is 0.364. The van der Waals surface area contributed by atoms with Crippen molar-refractivity contribution in [3.05, 3.63) is 54.1 Å². The Morgan fingerprint density at radius 1 is 0.933 bits per heavy atom. The molecule has 0 aliphatic rings. The molecular weight excluding hydrogens is 386 g/mol. The summed E-state index contributed by atoms with van der Waals surface area (Å²) in [6.07, 6.45) is -2.02. The van der Waals surface area contributed by atoms with Crippen molar-refractivity contribution in [2.24, 2.45) is 0 Å².